The van der Waals surface area contributed by atoms with Gasteiger partial charge in [0, 0.05) is 11.1 Å². The molecule has 0 aromatic heterocycles. The van der Waals surface area contributed by atoms with Crippen molar-refractivity contribution in [3.63, 3.8) is 0 Å². The zero-order valence-corrected chi connectivity index (χ0v) is 18.3. The third kappa shape index (κ3) is 3.62. The summed E-state index contributed by atoms with van der Waals surface area (Å²) in [5, 5.41) is 0. The van der Waals surface area contributed by atoms with Crippen LogP contribution in [0.1, 0.15) is 48.5 Å². The molecule has 1 heterocycles. The van der Waals surface area contributed by atoms with Gasteiger partial charge in [0.05, 0.1) is 5.56 Å². The van der Waals surface area contributed by atoms with E-state index in [1.807, 2.05) is 0 Å². The van der Waals surface area contributed by atoms with Crippen LogP contribution in [0, 0.1) is 12.7 Å². The Kier molecular flexibility index (Phi) is 5.46. The molecule has 9 heteroatoms. The second kappa shape index (κ2) is 7.98. The van der Waals surface area contributed by atoms with Crippen LogP contribution in [0.25, 0.3) is 0 Å². The third-order valence-electron chi connectivity index (χ3n) is 5.58. The van der Waals surface area contributed by atoms with Gasteiger partial charge in [-0.15, -0.1) is 0 Å². The van der Waals surface area contributed by atoms with Crippen LogP contribution >= 0.6 is 0 Å². The molecule has 7 nitrogen and oxygen atoms in total. The fourth-order valence-corrected chi connectivity index (χ4v) is 4.88. The van der Waals surface area contributed by atoms with Crippen molar-refractivity contribution in [1.82, 2.24) is 0 Å². The average molecular weight is 457 g/mol. The minimum atomic E-state index is -4.50. The summed E-state index contributed by atoms with van der Waals surface area (Å²) in [5.41, 5.74) is 0.465. The Morgan fingerprint density at radius 2 is 1.53 bits per heavy atom. The minimum absolute atomic E-state index is 0.218. The van der Waals surface area contributed by atoms with E-state index in [9.17, 15) is 22.8 Å². The van der Waals surface area contributed by atoms with E-state index in [1.165, 1.54) is 12.1 Å². The fourth-order valence-electron chi connectivity index (χ4n) is 3.92. The fraction of sp³-hybridized carbons (Fsp3) is 0.261. The molecule has 0 unspecified atom stereocenters. The molecule has 0 spiro atoms. The first-order valence-corrected chi connectivity index (χ1v) is 11.5. The van der Waals surface area contributed by atoms with Crippen molar-refractivity contribution in [2.24, 2.45) is 0 Å². The highest BCUT2D eigenvalue weighted by Gasteiger charge is 2.43. The lowest BCUT2D eigenvalue weighted by molar-refractivity contribution is -0.120. The highest BCUT2D eigenvalue weighted by molar-refractivity contribution is 7.87. The predicted octanol–water partition coefficient (Wildman–Crippen LogP) is 3.85. The van der Waals surface area contributed by atoms with E-state index >= 15 is 4.39 Å². The highest BCUT2D eigenvalue weighted by atomic mass is 32.2. The lowest BCUT2D eigenvalue weighted by Gasteiger charge is -2.21. The molecule has 0 bridgehead atoms. The maximum absolute atomic E-state index is 15.0. The number of nitrogens with zero attached hydrogens (tertiary/aromatic N) is 1. The molecular weight excluding hydrogens is 437 g/mol. The number of carbonyl (C=O) groups excluding carboxylic acids is 3. The van der Waals surface area contributed by atoms with Gasteiger partial charge in [0.25, 0.3) is 11.8 Å². The van der Waals surface area contributed by atoms with E-state index in [2.05, 4.69) is 0 Å². The van der Waals surface area contributed by atoms with Crippen LogP contribution in [0.4, 0.5) is 10.1 Å². The molecule has 2 amide bonds. The number of aryl methyl sites for hydroxylation is 1. The van der Waals surface area contributed by atoms with Gasteiger partial charge in [0.2, 0.25) is 0 Å². The monoisotopic (exact) mass is 457 g/mol. The summed E-state index contributed by atoms with van der Waals surface area (Å²) in [6, 6.07) is 7.71. The molecule has 0 N–H and O–H groups in total. The van der Waals surface area contributed by atoms with Crippen molar-refractivity contribution in [3.05, 3.63) is 64.5 Å². The molecule has 1 aliphatic carbocycles. The minimum Gasteiger partial charge on any atom is -0.376 e. The molecule has 0 saturated heterocycles. The number of hydrogen-bond acceptors (Lipinski definition) is 6. The van der Waals surface area contributed by atoms with E-state index in [4.69, 9.17) is 4.18 Å². The molecule has 0 fully saturated rings. The topological polar surface area (TPSA) is 97.8 Å². The maximum atomic E-state index is 15.0. The molecule has 2 aromatic carbocycles. The zero-order chi connectivity index (χ0) is 23.2. The van der Waals surface area contributed by atoms with E-state index in [0.717, 1.165) is 24.6 Å². The lowest BCUT2D eigenvalue weighted by atomic mass is 9.93. The summed E-state index contributed by atoms with van der Waals surface area (Å²) in [6.07, 6.45) is 2.18. The summed E-state index contributed by atoms with van der Waals surface area (Å²) >= 11 is 0. The molecule has 166 valence electrons. The summed E-state index contributed by atoms with van der Waals surface area (Å²) in [7, 11) is -4.50. The van der Waals surface area contributed by atoms with Crippen LogP contribution in [0.5, 0.6) is 5.75 Å². The smallest absolute Gasteiger partial charge is 0.339 e. The van der Waals surface area contributed by atoms with Crippen molar-refractivity contribution in [2.75, 3.05) is 4.90 Å². The normalized spacial score (nSPS) is 16.4. The van der Waals surface area contributed by atoms with Crippen LogP contribution in [0.3, 0.4) is 0 Å². The van der Waals surface area contributed by atoms with Crippen molar-refractivity contribution in [3.8, 4) is 5.75 Å². The number of benzene rings is 2. The summed E-state index contributed by atoms with van der Waals surface area (Å²) in [6.45, 7) is 2.93. The number of imide groups is 1. The highest BCUT2D eigenvalue weighted by Crippen LogP contribution is 2.43. The van der Waals surface area contributed by atoms with E-state index in [1.54, 1.807) is 19.1 Å². The number of amides is 2. The number of hydrogen-bond donors (Lipinski definition) is 0. The Balaban J connectivity index is 1.87. The molecule has 32 heavy (non-hydrogen) atoms. The largest absolute Gasteiger partial charge is 0.376 e. The van der Waals surface area contributed by atoms with Gasteiger partial charge in [-0.25, -0.2) is 9.29 Å². The van der Waals surface area contributed by atoms with Gasteiger partial charge in [0.1, 0.15) is 10.6 Å². The van der Waals surface area contributed by atoms with E-state index in [-0.39, 0.29) is 10.5 Å². The first-order valence-electron chi connectivity index (χ1n) is 10.1. The number of carbonyl (C=O) groups is 3. The van der Waals surface area contributed by atoms with E-state index < -0.39 is 45.0 Å². The standard InChI is InChI=1S/C23H20FNO6S/c1-13-7-9-15(10-8-13)32(29,30)31-21-16(14(2)26)11-12-19(24)20(21)25-22(27)17-5-3-4-6-18(17)23(25)28/h7-12H,3-6H2,1-2H3. The number of anilines is 1. The second-order valence-electron chi connectivity index (χ2n) is 7.79. The Labute approximate surface area is 184 Å². The number of ketones is 1. The number of Topliss-reactive ketones (excluding diaryl/α,β-unsaturated/α-hetero) is 1. The van der Waals surface area contributed by atoms with Crippen LogP contribution in [-0.4, -0.2) is 26.0 Å². The zero-order valence-electron chi connectivity index (χ0n) is 17.5. The summed E-state index contributed by atoms with van der Waals surface area (Å²) < 4.78 is 46.1. The molecule has 4 rings (SSSR count). The summed E-state index contributed by atoms with van der Waals surface area (Å²) in [4.78, 5) is 38.6. The quantitative estimate of drug-likeness (QED) is 0.384. The molecule has 2 aromatic rings. The number of rotatable bonds is 5. The Morgan fingerprint density at radius 1 is 0.969 bits per heavy atom. The first-order chi connectivity index (χ1) is 15.1. The van der Waals surface area contributed by atoms with Crippen LogP contribution in [0.2, 0.25) is 0 Å². The van der Waals surface area contributed by atoms with Crippen molar-refractivity contribution in [2.45, 2.75) is 44.4 Å². The van der Waals surface area contributed by atoms with Gasteiger partial charge in [-0.05, 0) is 63.8 Å². The van der Waals surface area contributed by atoms with Crippen molar-refractivity contribution >= 4 is 33.4 Å². The SMILES string of the molecule is CC(=O)c1ccc(F)c(N2C(=O)C3=C(CCCC3)C2=O)c1OS(=O)(=O)c1ccc(C)cc1. The molecule has 0 radical (unpaired) electrons. The molecule has 1 aliphatic heterocycles. The van der Waals surface area contributed by atoms with E-state index in [0.29, 0.717) is 41.7 Å². The predicted molar refractivity (Wildman–Crippen MR) is 113 cm³/mol. The maximum Gasteiger partial charge on any atom is 0.339 e. The Bertz CT molecular complexity index is 1270. The Morgan fingerprint density at radius 3 is 2.06 bits per heavy atom. The molecule has 0 atom stereocenters. The van der Waals surface area contributed by atoms with Crippen molar-refractivity contribution in [1.29, 1.82) is 0 Å². The van der Waals surface area contributed by atoms with Crippen LogP contribution < -0.4 is 9.08 Å². The van der Waals surface area contributed by atoms with Gasteiger partial charge in [-0.3, -0.25) is 14.4 Å². The van der Waals surface area contributed by atoms with Gasteiger partial charge in [-0.1, -0.05) is 17.7 Å². The summed E-state index contributed by atoms with van der Waals surface area (Å²) in [5.74, 6) is -3.79. The molecule has 0 saturated carbocycles. The number of halogens is 1. The van der Waals surface area contributed by atoms with Gasteiger partial charge < -0.3 is 4.18 Å². The van der Waals surface area contributed by atoms with Gasteiger partial charge in [-0.2, -0.15) is 8.42 Å². The lowest BCUT2D eigenvalue weighted by Crippen LogP contribution is -2.33. The molecular formula is C23H20FNO6S. The average Bonchev–Trinajstić information content (AvgIpc) is 2.99. The first kappa shape index (κ1) is 21.9. The second-order valence-corrected chi connectivity index (χ2v) is 9.34. The molecule has 2 aliphatic rings. The van der Waals surface area contributed by atoms with Gasteiger partial charge in [0.15, 0.2) is 17.3 Å². The van der Waals surface area contributed by atoms with Gasteiger partial charge >= 0.3 is 10.1 Å². The Hall–Kier alpha value is -3.33. The van der Waals surface area contributed by atoms with Crippen LogP contribution in [-0.2, 0) is 19.7 Å². The third-order valence-corrected chi connectivity index (χ3v) is 6.81. The van der Waals surface area contributed by atoms with Crippen LogP contribution in [0.15, 0.2) is 52.4 Å². The van der Waals surface area contributed by atoms with Crippen molar-refractivity contribution < 1.29 is 31.4 Å².